The molecular formula is C23H26N6O. The van der Waals surface area contributed by atoms with E-state index in [1.165, 1.54) is 5.69 Å². The lowest BCUT2D eigenvalue weighted by Crippen LogP contribution is -2.46. The summed E-state index contributed by atoms with van der Waals surface area (Å²) in [6.07, 6.45) is 3.92. The van der Waals surface area contributed by atoms with Crippen LogP contribution >= 0.6 is 0 Å². The van der Waals surface area contributed by atoms with Crippen LogP contribution in [0.3, 0.4) is 0 Å². The molecule has 30 heavy (non-hydrogen) atoms. The second kappa shape index (κ2) is 7.62. The molecule has 0 unspecified atom stereocenters. The zero-order chi connectivity index (χ0) is 20.7. The highest BCUT2D eigenvalue weighted by molar-refractivity contribution is 6.03. The zero-order valence-corrected chi connectivity index (χ0v) is 17.3. The van der Waals surface area contributed by atoms with E-state index in [2.05, 4.69) is 45.1 Å². The minimum Gasteiger partial charge on any atom is -0.369 e. The van der Waals surface area contributed by atoms with Crippen molar-refractivity contribution in [2.75, 3.05) is 47.8 Å². The minimum absolute atomic E-state index is 0.0467. The number of benzene rings is 1. The number of nitriles is 1. The van der Waals surface area contributed by atoms with Crippen molar-refractivity contribution in [2.45, 2.75) is 32.4 Å². The van der Waals surface area contributed by atoms with Crippen LogP contribution in [-0.4, -0.2) is 54.6 Å². The molecule has 3 aliphatic heterocycles. The van der Waals surface area contributed by atoms with E-state index in [9.17, 15) is 4.79 Å². The maximum absolute atomic E-state index is 12.4. The first-order valence-corrected chi connectivity index (χ1v) is 10.7. The number of carbonyl (C=O) groups is 1. The maximum Gasteiger partial charge on any atom is 0.247 e. The Balaban J connectivity index is 1.24. The van der Waals surface area contributed by atoms with Gasteiger partial charge in [-0.2, -0.15) is 5.26 Å². The number of nitrogens with zero attached hydrogens (tertiary/aromatic N) is 5. The zero-order valence-electron chi connectivity index (χ0n) is 17.3. The summed E-state index contributed by atoms with van der Waals surface area (Å²) in [6.45, 7) is 7.66. The summed E-state index contributed by atoms with van der Waals surface area (Å²) in [4.78, 5) is 24.0. The second-order valence-corrected chi connectivity index (χ2v) is 8.43. The Morgan fingerprint density at radius 1 is 1.20 bits per heavy atom. The number of nitrogens with one attached hydrogen (secondary N) is 1. The molecule has 4 heterocycles. The highest BCUT2D eigenvalue weighted by Gasteiger charge is 2.37. The molecule has 0 spiro atoms. The molecule has 0 bridgehead atoms. The fraction of sp³-hybridized carbons (Fsp3) is 0.435. The van der Waals surface area contributed by atoms with Crippen molar-refractivity contribution in [2.24, 2.45) is 0 Å². The number of carbonyl (C=O) groups excluding carboxylic acids is 1. The van der Waals surface area contributed by atoms with Gasteiger partial charge in [-0.3, -0.25) is 9.69 Å². The van der Waals surface area contributed by atoms with E-state index < -0.39 is 0 Å². The lowest BCUT2D eigenvalue weighted by Gasteiger charge is -2.37. The molecule has 2 fully saturated rings. The Kier molecular flexibility index (Phi) is 4.80. The van der Waals surface area contributed by atoms with Gasteiger partial charge >= 0.3 is 0 Å². The van der Waals surface area contributed by atoms with E-state index in [0.29, 0.717) is 5.56 Å². The van der Waals surface area contributed by atoms with Crippen LogP contribution in [0.1, 0.15) is 29.5 Å². The number of piperazine rings is 1. The van der Waals surface area contributed by atoms with E-state index >= 15 is 0 Å². The molecule has 1 atom stereocenters. The predicted molar refractivity (Wildman–Crippen MR) is 117 cm³/mol. The summed E-state index contributed by atoms with van der Waals surface area (Å²) in [5.41, 5.74) is 5.06. The van der Waals surface area contributed by atoms with Gasteiger partial charge in [0.1, 0.15) is 6.04 Å². The summed E-state index contributed by atoms with van der Waals surface area (Å²) >= 11 is 0. The number of amides is 1. The third kappa shape index (κ3) is 3.37. The summed E-state index contributed by atoms with van der Waals surface area (Å²) in [7, 11) is 0. The molecule has 0 saturated carbocycles. The van der Waals surface area contributed by atoms with Gasteiger partial charge in [0.05, 0.1) is 17.3 Å². The number of aryl methyl sites for hydroxylation is 1. The van der Waals surface area contributed by atoms with Crippen molar-refractivity contribution in [1.29, 1.82) is 5.26 Å². The number of hydrogen-bond acceptors (Lipinski definition) is 6. The number of anilines is 3. The Labute approximate surface area is 176 Å². The number of pyridine rings is 1. The van der Waals surface area contributed by atoms with Gasteiger partial charge in [-0.15, -0.1) is 0 Å². The third-order valence-corrected chi connectivity index (χ3v) is 6.45. The normalized spacial score (nSPS) is 21.1. The number of rotatable bonds is 3. The molecule has 5 rings (SSSR count). The Morgan fingerprint density at radius 2 is 2.03 bits per heavy atom. The van der Waals surface area contributed by atoms with E-state index in [4.69, 9.17) is 10.2 Å². The Bertz CT molecular complexity index is 1020. The molecule has 0 radical (unpaired) electrons. The first-order valence-electron chi connectivity index (χ1n) is 10.7. The molecule has 1 aromatic heterocycles. The molecule has 2 aromatic rings. The van der Waals surface area contributed by atoms with E-state index in [0.717, 1.165) is 74.7 Å². The molecule has 1 N–H and O–H groups in total. The molecule has 3 aliphatic rings. The van der Waals surface area contributed by atoms with Crippen LogP contribution in [0.25, 0.3) is 0 Å². The van der Waals surface area contributed by atoms with Gasteiger partial charge in [0, 0.05) is 51.2 Å². The van der Waals surface area contributed by atoms with Gasteiger partial charge in [0.15, 0.2) is 5.82 Å². The van der Waals surface area contributed by atoms with Gasteiger partial charge in [-0.1, -0.05) is 0 Å². The molecular weight excluding hydrogens is 376 g/mol. The van der Waals surface area contributed by atoms with Crippen LogP contribution in [0, 0.1) is 18.3 Å². The van der Waals surface area contributed by atoms with Crippen molar-refractivity contribution in [3.63, 3.8) is 0 Å². The fourth-order valence-corrected chi connectivity index (χ4v) is 4.90. The average molecular weight is 403 g/mol. The molecule has 7 heteroatoms. The first kappa shape index (κ1) is 18.9. The van der Waals surface area contributed by atoms with Gasteiger partial charge in [-0.05, 0) is 55.2 Å². The third-order valence-electron chi connectivity index (χ3n) is 6.45. The quantitative estimate of drug-likeness (QED) is 0.850. The summed E-state index contributed by atoms with van der Waals surface area (Å²) in [6, 6.07) is 10.2. The second-order valence-electron chi connectivity index (χ2n) is 8.43. The standard InChI is InChI=1S/C23H26N6O/c1-16-11-17(13-24)4-5-20(16)28-9-7-27(8-10-28)15-18-12-19-22(25-14-18)29-6-2-3-21(29)23(30)26-19/h4-5,11-12,14,21H,2-3,6-10,15H2,1H3,(H,26,30)/t21-/m0/s1. The highest BCUT2D eigenvalue weighted by atomic mass is 16.2. The Morgan fingerprint density at radius 3 is 2.80 bits per heavy atom. The van der Waals surface area contributed by atoms with Crippen molar-refractivity contribution < 1.29 is 4.79 Å². The number of hydrogen-bond donors (Lipinski definition) is 1. The maximum atomic E-state index is 12.4. The smallest absolute Gasteiger partial charge is 0.247 e. The molecule has 1 aromatic carbocycles. The van der Waals surface area contributed by atoms with Gasteiger partial charge < -0.3 is 15.1 Å². The first-order chi connectivity index (χ1) is 14.6. The lowest BCUT2D eigenvalue weighted by atomic mass is 10.1. The SMILES string of the molecule is Cc1cc(C#N)ccc1N1CCN(Cc2cnc3c(c2)NC(=O)[C@@H]2CCCN32)CC1. The van der Waals surface area contributed by atoms with Crippen molar-refractivity contribution in [3.05, 3.63) is 47.2 Å². The van der Waals surface area contributed by atoms with Crippen LogP contribution in [0.15, 0.2) is 30.5 Å². The lowest BCUT2D eigenvalue weighted by molar-refractivity contribution is -0.117. The summed E-state index contributed by atoms with van der Waals surface area (Å²) in [5, 5.41) is 12.1. The summed E-state index contributed by atoms with van der Waals surface area (Å²) < 4.78 is 0. The van der Waals surface area contributed by atoms with Gasteiger partial charge in [0.2, 0.25) is 5.91 Å². The molecule has 2 saturated heterocycles. The largest absolute Gasteiger partial charge is 0.369 e. The van der Waals surface area contributed by atoms with E-state index in [-0.39, 0.29) is 11.9 Å². The van der Waals surface area contributed by atoms with E-state index in [1.807, 2.05) is 18.3 Å². The van der Waals surface area contributed by atoms with Crippen LogP contribution < -0.4 is 15.1 Å². The van der Waals surface area contributed by atoms with Gasteiger partial charge in [0.25, 0.3) is 0 Å². The molecule has 0 aliphatic carbocycles. The summed E-state index contributed by atoms with van der Waals surface area (Å²) in [5.74, 6) is 1.02. The Hall–Kier alpha value is -3.11. The van der Waals surface area contributed by atoms with Crippen molar-refractivity contribution >= 4 is 23.1 Å². The highest BCUT2D eigenvalue weighted by Crippen LogP contribution is 2.35. The van der Waals surface area contributed by atoms with Crippen LogP contribution in [0.2, 0.25) is 0 Å². The monoisotopic (exact) mass is 402 g/mol. The van der Waals surface area contributed by atoms with Crippen LogP contribution in [0.4, 0.5) is 17.2 Å². The van der Waals surface area contributed by atoms with E-state index in [1.54, 1.807) is 0 Å². The number of aromatic nitrogens is 1. The molecule has 154 valence electrons. The van der Waals surface area contributed by atoms with Gasteiger partial charge in [-0.25, -0.2) is 4.98 Å². The van der Waals surface area contributed by atoms with Crippen LogP contribution in [-0.2, 0) is 11.3 Å². The van der Waals surface area contributed by atoms with Crippen LogP contribution in [0.5, 0.6) is 0 Å². The topological polar surface area (TPSA) is 75.5 Å². The van der Waals surface area contributed by atoms with Crippen molar-refractivity contribution in [3.8, 4) is 6.07 Å². The minimum atomic E-state index is -0.0467. The molecule has 1 amide bonds. The van der Waals surface area contributed by atoms with Crippen molar-refractivity contribution in [1.82, 2.24) is 9.88 Å². The molecule has 7 nitrogen and oxygen atoms in total. The predicted octanol–water partition coefficient (Wildman–Crippen LogP) is 2.50. The average Bonchev–Trinajstić information content (AvgIpc) is 3.25. The number of fused-ring (bicyclic) bond motifs is 3. The fourth-order valence-electron chi connectivity index (χ4n) is 4.90.